The van der Waals surface area contributed by atoms with Gasteiger partial charge in [-0.15, -0.1) is 0 Å². The number of halogens is 1. The fourth-order valence-corrected chi connectivity index (χ4v) is 3.41. The smallest absolute Gasteiger partial charge is 0.273 e. The zero-order valence-corrected chi connectivity index (χ0v) is 16.8. The average Bonchev–Trinajstić information content (AvgIpc) is 3.46. The van der Waals surface area contributed by atoms with Crippen molar-refractivity contribution < 1.29 is 23.2 Å². The Balaban J connectivity index is 1.27. The summed E-state index contributed by atoms with van der Waals surface area (Å²) < 4.78 is 23.8. The number of hydrogen-bond acceptors (Lipinski definition) is 5. The number of amides is 2. The summed E-state index contributed by atoms with van der Waals surface area (Å²) in [5.41, 5.74) is 1.18. The summed E-state index contributed by atoms with van der Waals surface area (Å²) in [6.07, 6.45) is 4.27. The van der Waals surface area contributed by atoms with Crippen LogP contribution in [0.2, 0.25) is 0 Å². The van der Waals surface area contributed by atoms with E-state index in [1.165, 1.54) is 24.3 Å². The lowest BCUT2D eigenvalue weighted by Gasteiger charge is -2.09. The van der Waals surface area contributed by atoms with Crippen LogP contribution in [-0.2, 0) is 6.61 Å². The summed E-state index contributed by atoms with van der Waals surface area (Å²) in [5, 5.41) is 9.51. The van der Waals surface area contributed by atoms with Crippen LogP contribution in [0.3, 0.4) is 0 Å². The lowest BCUT2D eigenvalue weighted by molar-refractivity contribution is 0.0927. The highest BCUT2D eigenvalue weighted by Gasteiger charge is 2.20. The number of ether oxygens (including phenoxy) is 1. The van der Waals surface area contributed by atoms with Crippen molar-refractivity contribution in [2.24, 2.45) is 0 Å². The first kappa shape index (κ1) is 20.6. The molecule has 160 valence electrons. The Kier molecular flexibility index (Phi) is 6.26. The molecule has 0 unspecified atom stereocenters. The normalized spacial score (nSPS) is 13.7. The van der Waals surface area contributed by atoms with Crippen LogP contribution in [0.5, 0.6) is 5.75 Å². The van der Waals surface area contributed by atoms with Crippen molar-refractivity contribution in [2.75, 3.05) is 5.32 Å². The van der Waals surface area contributed by atoms with Crippen molar-refractivity contribution in [1.82, 2.24) is 10.5 Å². The molecule has 3 aromatic rings. The molecule has 1 heterocycles. The standard InChI is InChI=1S/C23H22FN3O4/c24-16-7-5-15(6-8-16)22(28)25-18-9-11-19(12-10-18)30-14-20-13-21(27-31-20)23(29)26-17-3-1-2-4-17/h5-13,17H,1-4,14H2,(H,25,28)(H,26,29). The average molecular weight is 423 g/mol. The predicted molar refractivity (Wildman–Crippen MR) is 111 cm³/mol. The second-order valence-corrected chi connectivity index (χ2v) is 7.41. The maximum atomic E-state index is 13.0. The van der Waals surface area contributed by atoms with Gasteiger partial charge in [-0.1, -0.05) is 18.0 Å². The molecule has 0 saturated heterocycles. The maximum absolute atomic E-state index is 13.0. The van der Waals surface area contributed by atoms with Crippen LogP contribution in [0.25, 0.3) is 0 Å². The summed E-state index contributed by atoms with van der Waals surface area (Å²) in [7, 11) is 0. The predicted octanol–water partition coefficient (Wildman–Crippen LogP) is 4.32. The van der Waals surface area contributed by atoms with Crippen LogP contribution >= 0.6 is 0 Å². The van der Waals surface area contributed by atoms with Crippen LogP contribution in [0, 0.1) is 5.82 Å². The van der Waals surface area contributed by atoms with Gasteiger partial charge in [0.1, 0.15) is 18.2 Å². The van der Waals surface area contributed by atoms with E-state index in [0.29, 0.717) is 22.8 Å². The number of carbonyl (C=O) groups is 2. The van der Waals surface area contributed by atoms with Crippen molar-refractivity contribution in [3.63, 3.8) is 0 Å². The van der Waals surface area contributed by atoms with Gasteiger partial charge in [-0.2, -0.15) is 0 Å². The van der Waals surface area contributed by atoms with E-state index in [1.54, 1.807) is 30.3 Å². The number of anilines is 1. The third-order valence-corrected chi connectivity index (χ3v) is 5.08. The lowest BCUT2D eigenvalue weighted by atomic mass is 10.2. The van der Waals surface area contributed by atoms with E-state index in [-0.39, 0.29) is 30.2 Å². The minimum atomic E-state index is -0.397. The minimum absolute atomic E-state index is 0.116. The van der Waals surface area contributed by atoms with E-state index in [0.717, 1.165) is 25.7 Å². The Morgan fingerprint density at radius 2 is 1.74 bits per heavy atom. The molecule has 2 amide bonds. The first-order valence-electron chi connectivity index (χ1n) is 10.1. The van der Waals surface area contributed by atoms with Gasteiger partial charge in [0.25, 0.3) is 11.8 Å². The van der Waals surface area contributed by atoms with Crippen molar-refractivity contribution in [3.05, 3.63) is 77.4 Å². The molecular weight excluding hydrogens is 401 g/mol. The molecule has 0 atom stereocenters. The van der Waals surface area contributed by atoms with Crippen LogP contribution in [0.1, 0.15) is 52.3 Å². The molecule has 1 saturated carbocycles. The summed E-state index contributed by atoms with van der Waals surface area (Å²) in [6, 6.07) is 13.9. The van der Waals surface area contributed by atoms with E-state index < -0.39 is 5.82 Å². The van der Waals surface area contributed by atoms with Gasteiger partial charge < -0.3 is 19.9 Å². The van der Waals surface area contributed by atoms with Crippen molar-refractivity contribution in [1.29, 1.82) is 0 Å². The SMILES string of the molecule is O=C(Nc1ccc(OCc2cc(C(=O)NC3CCCC3)no2)cc1)c1ccc(F)cc1. The summed E-state index contributed by atoms with van der Waals surface area (Å²) in [4.78, 5) is 24.4. The molecule has 1 aromatic heterocycles. The van der Waals surface area contributed by atoms with Crippen LogP contribution in [-0.4, -0.2) is 23.0 Å². The molecule has 8 heteroatoms. The van der Waals surface area contributed by atoms with Crippen LogP contribution in [0.4, 0.5) is 10.1 Å². The molecule has 0 aliphatic heterocycles. The van der Waals surface area contributed by atoms with Crippen molar-refractivity contribution in [2.45, 2.75) is 38.3 Å². The number of aromatic nitrogens is 1. The molecule has 0 bridgehead atoms. The molecule has 7 nitrogen and oxygen atoms in total. The number of nitrogens with one attached hydrogen (secondary N) is 2. The Morgan fingerprint density at radius 3 is 2.45 bits per heavy atom. The number of rotatable bonds is 7. The third kappa shape index (κ3) is 5.48. The number of nitrogens with zero attached hydrogens (tertiary/aromatic N) is 1. The van der Waals surface area contributed by atoms with Crippen molar-refractivity contribution >= 4 is 17.5 Å². The van der Waals surface area contributed by atoms with E-state index in [1.807, 2.05) is 0 Å². The van der Waals surface area contributed by atoms with Gasteiger partial charge in [-0.25, -0.2) is 4.39 Å². The molecule has 0 spiro atoms. The zero-order valence-electron chi connectivity index (χ0n) is 16.8. The molecule has 0 radical (unpaired) electrons. The van der Waals surface area contributed by atoms with E-state index in [2.05, 4.69) is 15.8 Å². The number of carbonyl (C=O) groups excluding carboxylic acids is 2. The second kappa shape index (κ2) is 9.42. The molecule has 1 aliphatic rings. The highest BCUT2D eigenvalue weighted by molar-refractivity contribution is 6.04. The third-order valence-electron chi connectivity index (χ3n) is 5.08. The molecule has 2 N–H and O–H groups in total. The molecule has 4 rings (SSSR count). The molecule has 31 heavy (non-hydrogen) atoms. The summed E-state index contributed by atoms with van der Waals surface area (Å²) in [5.74, 6) is 0.0339. The van der Waals surface area contributed by atoms with E-state index >= 15 is 0 Å². The van der Waals surface area contributed by atoms with Gasteiger partial charge in [0.15, 0.2) is 11.5 Å². The van der Waals surface area contributed by atoms with Gasteiger partial charge in [0.05, 0.1) is 0 Å². The molecule has 1 aliphatic carbocycles. The van der Waals surface area contributed by atoms with Gasteiger partial charge in [-0.3, -0.25) is 9.59 Å². The van der Waals surface area contributed by atoms with E-state index in [9.17, 15) is 14.0 Å². The van der Waals surface area contributed by atoms with Gasteiger partial charge in [0, 0.05) is 23.4 Å². The fourth-order valence-electron chi connectivity index (χ4n) is 3.41. The first-order valence-corrected chi connectivity index (χ1v) is 10.1. The second-order valence-electron chi connectivity index (χ2n) is 7.41. The number of benzene rings is 2. The minimum Gasteiger partial charge on any atom is -0.486 e. The summed E-state index contributed by atoms with van der Waals surface area (Å²) >= 11 is 0. The van der Waals surface area contributed by atoms with Gasteiger partial charge >= 0.3 is 0 Å². The van der Waals surface area contributed by atoms with Gasteiger partial charge in [-0.05, 0) is 61.4 Å². The highest BCUT2D eigenvalue weighted by Crippen LogP contribution is 2.20. The Labute approximate surface area is 178 Å². The maximum Gasteiger partial charge on any atom is 0.273 e. The monoisotopic (exact) mass is 423 g/mol. The fraction of sp³-hybridized carbons (Fsp3) is 0.261. The molecule has 2 aromatic carbocycles. The zero-order chi connectivity index (χ0) is 21.6. The van der Waals surface area contributed by atoms with E-state index in [4.69, 9.17) is 9.26 Å². The van der Waals surface area contributed by atoms with Crippen LogP contribution < -0.4 is 15.4 Å². The molecular formula is C23H22FN3O4. The summed E-state index contributed by atoms with van der Waals surface area (Å²) in [6.45, 7) is 0.116. The first-order chi connectivity index (χ1) is 15.1. The van der Waals surface area contributed by atoms with Crippen LogP contribution in [0.15, 0.2) is 59.1 Å². The highest BCUT2D eigenvalue weighted by atomic mass is 19.1. The Morgan fingerprint density at radius 1 is 1.03 bits per heavy atom. The lowest BCUT2D eigenvalue weighted by Crippen LogP contribution is -2.32. The Bertz CT molecular complexity index is 1040. The number of hydrogen-bond donors (Lipinski definition) is 2. The molecule has 1 fully saturated rings. The van der Waals surface area contributed by atoms with Gasteiger partial charge in [0.2, 0.25) is 0 Å². The topological polar surface area (TPSA) is 93.5 Å². The Hall–Kier alpha value is -3.68. The quantitative estimate of drug-likeness (QED) is 0.590. The van der Waals surface area contributed by atoms with Crippen molar-refractivity contribution in [3.8, 4) is 5.75 Å². The largest absolute Gasteiger partial charge is 0.486 e.